The third-order valence-electron chi connectivity index (χ3n) is 3.54. The Labute approximate surface area is 118 Å². The van der Waals surface area contributed by atoms with E-state index in [1.54, 1.807) is 0 Å². The van der Waals surface area contributed by atoms with Crippen molar-refractivity contribution in [1.29, 1.82) is 0 Å². The van der Waals surface area contributed by atoms with Gasteiger partial charge in [0.05, 0.1) is 13.5 Å². The highest BCUT2D eigenvalue weighted by molar-refractivity contribution is 5.83. The monoisotopic (exact) mass is 277 g/mol. The Balaban J connectivity index is 2.11. The molecule has 0 amide bonds. The van der Waals surface area contributed by atoms with Crippen molar-refractivity contribution in [3.63, 3.8) is 0 Å². The average molecular weight is 277 g/mol. The van der Waals surface area contributed by atoms with E-state index in [9.17, 15) is 9.59 Å². The highest BCUT2D eigenvalue weighted by Gasteiger charge is 2.37. The third-order valence-corrected chi connectivity index (χ3v) is 3.54. The number of benzene rings is 1. The first-order valence-electron chi connectivity index (χ1n) is 6.72. The summed E-state index contributed by atoms with van der Waals surface area (Å²) in [5.41, 5.74) is 0.968. The van der Waals surface area contributed by atoms with Gasteiger partial charge in [-0.1, -0.05) is 37.3 Å². The molecule has 0 radical (unpaired) electrons. The van der Waals surface area contributed by atoms with Crippen LogP contribution in [0.3, 0.4) is 0 Å². The van der Waals surface area contributed by atoms with Gasteiger partial charge < -0.3 is 9.47 Å². The van der Waals surface area contributed by atoms with E-state index in [2.05, 4.69) is 4.74 Å². The van der Waals surface area contributed by atoms with Gasteiger partial charge in [0.25, 0.3) is 0 Å². The molecule has 5 heteroatoms. The fourth-order valence-electron chi connectivity index (χ4n) is 2.39. The molecule has 2 atom stereocenters. The summed E-state index contributed by atoms with van der Waals surface area (Å²) < 4.78 is 10.1. The van der Waals surface area contributed by atoms with Gasteiger partial charge in [-0.25, -0.2) is 0 Å². The molecule has 20 heavy (non-hydrogen) atoms. The number of hydrogen-bond acceptors (Lipinski definition) is 5. The number of nitrogens with zero attached hydrogens (tertiary/aromatic N) is 1. The number of methoxy groups -OCH3 is 1. The van der Waals surface area contributed by atoms with Crippen molar-refractivity contribution in [2.24, 2.45) is 0 Å². The molecule has 0 spiro atoms. The zero-order valence-corrected chi connectivity index (χ0v) is 11.7. The molecule has 2 rings (SSSR count). The van der Waals surface area contributed by atoms with Gasteiger partial charge in [-0.15, -0.1) is 0 Å². The molecule has 0 aliphatic carbocycles. The molecule has 0 aromatic heterocycles. The second-order valence-electron chi connectivity index (χ2n) is 4.72. The molecule has 1 saturated heterocycles. The van der Waals surface area contributed by atoms with E-state index < -0.39 is 12.0 Å². The summed E-state index contributed by atoms with van der Waals surface area (Å²) in [6.45, 7) is 3.24. The van der Waals surface area contributed by atoms with Crippen LogP contribution in [0.1, 0.15) is 25.0 Å². The lowest BCUT2D eigenvalue weighted by Gasteiger charge is -2.37. The van der Waals surface area contributed by atoms with Crippen LogP contribution in [0.25, 0.3) is 0 Å². The summed E-state index contributed by atoms with van der Waals surface area (Å²) in [4.78, 5) is 25.5. The van der Waals surface area contributed by atoms with Crippen LogP contribution in [0.15, 0.2) is 30.3 Å². The number of hydrogen-bond donors (Lipinski definition) is 0. The van der Waals surface area contributed by atoms with Gasteiger partial charge in [-0.2, -0.15) is 0 Å². The minimum atomic E-state index is -0.549. The van der Waals surface area contributed by atoms with Crippen molar-refractivity contribution in [3.05, 3.63) is 35.9 Å². The first-order valence-corrected chi connectivity index (χ1v) is 6.72. The Kier molecular flexibility index (Phi) is 4.74. The molecule has 1 aromatic rings. The quantitative estimate of drug-likeness (QED) is 0.781. The largest absolute Gasteiger partial charge is 0.469 e. The van der Waals surface area contributed by atoms with Gasteiger partial charge >= 0.3 is 11.9 Å². The van der Waals surface area contributed by atoms with E-state index in [0.29, 0.717) is 13.1 Å². The van der Waals surface area contributed by atoms with E-state index in [-0.39, 0.29) is 18.5 Å². The number of carbonyl (C=O) groups is 2. The maximum absolute atomic E-state index is 12.1. The van der Waals surface area contributed by atoms with Gasteiger partial charge in [0.2, 0.25) is 0 Å². The van der Waals surface area contributed by atoms with Crippen LogP contribution in [-0.2, 0) is 19.1 Å². The van der Waals surface area contributed by atoms with Crippen LogP contribution in [0.5, 0.6) is 0 Å². The normalized spacial score (nSPS) is 23.2. The standard InChI is InChI=1S/C15H19NO4/c1-3-16-10-13(11-7-5-4-6-8-11)20-15(18)12(16)9-14(17)19-2/h4-8,12-13H,3,9-10H2,1-2H3. The lowest BCUT2D eigenvalue weighted by Crippen LogP contribution is -2.50. The van der Waals surface area contributed by atoms with E-state index in [0.717, 1.165) is 5.56 Å². The van der Waals surface area contributed by atoms with Crippen molar-refractivity contribution >= 4 is 11.9 Å². The van der Waals surface area contributed by atoms with Crippen LogP contribution in [0.4, 0.5) is 0 Å². The van der Waals surface area contributed by atoms with E-state index in [1.165, 1.54) is 7.11 Å². The van der Waals surface area contributed by atoms with Gasteiger partial charge in [0, 0.05) is 6.54 Å². The Morgan fingerprint density at radius 3 is 2.70 bits per heavy atom. The van der Waals surface area contributed by atoms with E-state index >= 15 is 0 Å². The molecule has 2 unspecified atom stereocenters. The fourth-order valence-corrected chi connectivity index (χ4v) is 2.39. The SMILES string of the molecule is CCN1CC(c2ccccc2)OC(=O)C1CC(=O)OC. The van der Waals surface area contributed by atoms with Crippen molar-refractivity contribution in [1.82, 2.24) is 4.90 Å². The second kappa shape index (κ2) is 6.52. The van der Waals surface area contributed by atoms with E-state index in [1.807, 2.05) is 42.2 Å². The number of likely N-dealkylation sites (N-methyl/N-ethyl adjacent to an activating group) is 1. The lowest BCUT2D eigenvalue weighted by atomic mass is 10.0. The lowest BCUT2D eigenvalue weighted by molar-refractivity contribution is -0.170. The first kappa shape index (κ1) is 14.5. The van der Waals surface area contributed by atoms with E-state index in [4.69, 9.17) is 4.74 Å². The molecule has 1 fully saturated rings. The molecule has 1 aromatic carbocycles. The zero-order chi connectivity index (χ0) is 14.5. The van der Waals surface area contributed by atoms with Gasteiger partial charge in [-0.3, -0.25) is 14.5 Å². The fraction of sp³-hybridized carbons (Fsp3) is 0.467. The van der Waals surface area contributed by atoms with Crippen LogP contribution >= 0.6 is 0 Å². The van der Waals surface area contributed by atoms with Crippen molar-refractivity contribution in [2.45, 2.75) is 25.5 Å². The summed E-state index contributed by atoms with van der Waals surface area (Å²) in [5, 5.41) is 0. The molecule has 1 heterocycles. The van der Waals surface area contributed by atoms with Crippen LogP contribution < -0.4 is 0 Å². The maximum atomic E-state index is 12.1. The van der Waals surface area contributed by atoms with Gasteiger partial charge in [-0.05, 0) is 12.1 Å². The molecule has 0 saturated carbocycles. The minimum Gasteiger partial charge on any atom is -0.469 e. The summed E-state index contributed by atoms with van der Waals surface area (Å²) >= 11 is 0. The highest BCUT2D eigenvalue weighted by atomic mass is 16.6. The molecule has 108 valence electrons. The predicted octanol–water partition coefficient (Wildman–Crippen LogP) is 1.54. The van der Waals surface area contributed by atoms with Crippen molar-refractivity contribution < 1.29 is 19.1 Å². The van der Waals surface area contributed by atoms with Gasteiger partial charge in [0.1, 0.15) is 12.1 Å². The zero-order valence-electron chi connectivity index (χ0n) is 11.7. The number of carbonyl (C=O) groups excluding carboxylic acids is 2. The summed E-state index contributed by atoms with van der Waals surface area (Å²) in [6, 6.07) is 9.08. The smallest absolute Gasteiger partial charge is 0.324 e. The number of esters is 2. The summed E-state index contributed by atoms with van der Waals surface area (Å²) in [6.07, 6.45) is -0.248. The van der Waals surface area contributed by atoms with Crippen LogP contribution in [-0.4, -0.2) is 43.1 Å². The minimum absolute atomic E-state index is 0.0324. The third kappa shape index (κ3) is 3.17. The molecule has 1 aliphatic rings. The number of rotatable bonds is 4. The maximum Gasteiger partial charge on any atom is 0.324 e. The first-order chi connectivity index (χ1) is 9.65. The number of cyclic esters (lactones) is 1. The van der Waals surface area contributed by atoms with Crippen LogP contribution in [0.2, 0.25) is 0 Å². The molecular formula is C15H19NO4. The molecular weight excluding hydrogens is 258 g/mol. The Bertz CT molecular complexity index is 474. The molecule has 0 N–H and O–H groups in total. The summed E-state index contributed by atoms with van der Waals surface area (Å²) in [5.74, 6) is -0.763. The summed E-state index contributed by atoms with van der Waals surface area (Å²) in [7, 11) is 1.32. The number of ether oxygens (including phenoxy) is 2. The Morgan fingerprint density at radius 2 is 2.10 bits per heavy atom. The van der Waals surface area contributed by atoms with Crippen molar-refractivity contribution in [3.8, 4) is 0 Å². The average Bonchev–Trinajstić information content (AvgIpc) is 2.49. The highest BCUT2D eigenvalue weighted by Crippen LogP contribution is 2.26. The van der Waals surface area contributed by atoms with Crippen molar-refractivity contribution in [2.75, 3.05) is 20.2 Å². The second-order valence-corrected chi connectivity index (χ2v) is 4.72. The number of morpholine rings is 1. The van der Waals surface area contributed by atoms with Gasteiger partial charge in [0.15, 0.2) is 0 Å². The Morgan fingerprint density at radius 1 is 1.40 bits per heavy atom. The topological polar surface area (TPSA) is 55.8 Å². The van der Waals surface area contributed by atoms with Crippen LogP contribution in [0, 0.1) is 0 Å². The molecule has 5 nitrogen and oxygen atoms in total. The molecule has 1 aliphatic heterocycles. The molecule has 0 bridgehead atoms. The predicted molar refractivity (Wildman–Crippen MR) is 72.9 cm³/mol. The Hall–Kier alpha value is -1.88.